The van der Waals surface area contributed by atoms with Crippen molar-refractivity contribution >= 4 is 55.5 Å². The first kappa shape index (κ1) is 28.1. The number of fused-ring (bicyclic) bond motifs is 1. The molecule has 5 rings (SSSR count). The van der Waals surface area contributed by atoms with E-state index >= 15 is 0 Å². The van der Waals surface area contributed by atoms with Crippen LogP contribution in [0.3, 0.4) is 0 Å². The molecule has 0 unspecified atom stereocenters. The van der Waals surface area contributed by atoms with Crippen LogP contribution in [0.5, 0.6) is 5.75 Å². The molecule has 0 saturated carbocycles. The Kier molecular flexibility index (Phi) is 7.67. The lowest BCUT2D eigenvalue weighted by atomic mass is 10.1. The number of hydrogen-bond acceptors (Lipinski definition) is 8. The van der Waals surface area contributed by atoms with Gasteiger partial charge >= 0.3 is 5.69 Å². The molecule has 0 bridgehead atoms. The molecule has 1 amide bonds. The van der Waals surface area contributed by atoms with E-state index in [1.54, 1.807) is 30.3 Å². The molecule has 3 aromatic carbocycles. The Morgan fingerprint density at radius 1 is 1.05 bits per heavy atom. The Morgan fingerprint density at radius 2 is 1.80 bits per heavy atom. The normalized spacial score (nSPS) is 11.4. The monoisotopic (exact) mass is 614 g/mol. The SMILES string of the molecule is COc1cc(C(=O)NS(=O)(=O)c2ccc(Cl)s2)ccc1-n1c(=O)[nH]c2cc(NCc3ccc(F)cc3)ccc2c1=O. The lowest BCUT2D eigenvalue weighted by molar-refractivity contribution is 0.0981. The minimum Gasteiger partial charge on any atom is -0.495 e. The van der Waals surface area contributed by atoms with E-state index in [1.807, 2.05) is 4.72 Å². The van der Waals surface area contributed by atoms with E-state index in [-0.39, 0.29) is 42.3 Å². The molecule has 41 heavy (non-hydrogen) atoms. The number of carbonyl (C=O) groups is 1. The zero-order valence-corrected chi connectivity index (χ0v) is 23.5. The number of rotatable bonds is 8. The molecule has 0 spiro atoms. The molecule has 210 valence electrons. The third kappa shape index (κ3) is 5.87. The van der Waals surface area contributed by atoms with E-state index in [9.17, 15) is 27.2 Å². The fourth-order valence-electron chi connectivity index (χ4n) is 4.03. The average Bonchev–Trinajstić information content (AvgIpc) is 3.39. The summed E-state index contributed by atoms with van der Waals surface area (Å²) in [7, 11) is -2.89. The quantitative estimate of drug-likeness (QED) is 0.237. The number of nitrogens with zero attached hydrogens (tertiary/aromatic N) is 1. The van der Waals surface area contributed by atoms with Crippen molar-refractivity contribution in [2.45, 2.75) is 10.8 Å². The third-order valence-electron chi connectivity index (χ3n) is 6.03. The molecule has 0 atom stereocenters. The van der Waals surface area contributed by atoms with E-state index in [4.69, 9.17) is 16.3 Å². The Hall–Kier alpha value is -4.46. The van der Waals surface area contributed by atoms with Crippen molar-refractivity contribution in [3.05, 3.63) is 115 Å². The highest BCUT2D eigenvalue weighted by molar-refractivity contribution is 7.92. The number of benzene rings is 3. The number of amides is 1. The molecule has 0 radical (unpaired) electrons. The highest BCUT2D eigenvalue weighted by Crippen LogP contribution is 2.27. The summed E-state index contributed by atoms with van der Waals surface area (Å²) in [5.41, 5.74) is 0.319. The van der Waals surface area contributed by atoms with E-state index in [2.05, 4.69) is 10.3 Å². The van der Waals surface area contributed by atoms with Gasteiger partial charge in [0.1, 0.15) is 15.8 Å². The number of carbonyl (C=O) groups excluding carboxylic acids is 1. The Labute approximate surface area is 241 Å². The third-order valence-corrected chi connectivity index (χ3v) is 9.08. The molecule has 14 heteroatoms. The molecule has 0 saturated heterocycles. The molecule has 3 N–H and O–H groups in total. The van der Waals surface area contributed by atoms with Crippen LogP contribution in [0.15, 0.2) is 86.6 Å². The van der Waals surface area contributed by atoms with Gasteiger partial charge in [-0.15, -0.1) is 11.3 Å². The van der Waals surface area contributed by atoms with Gasteiger partial charge in [0.2, 0.25) is 0 Å². The number of methoxy groups -OCH3 is 1. The number of halogens is 2. The molecule has 5 aromatic rings. The summed E-state index contributed by atoms with van der Waals surface area (Å²) < 4.78 is 46.4. The van der Waals surface area contributed by atoms with Crippen LogP contribution in [0.1, 0.15) is 15.9 Å². The number of ether oxygens (including phenoxy) is 1. The Bertz CT molecular complexity index is 2020. The highest BCUT2D eigenvalue weighted by Gasteiger charge is 2.22. The molecule has 0 fully saturated rings. The molecule has 0 aliphatic heterocycles. The number of aromatic nitrogens is 2. The smallest absolute Gasteiger partial charge is 0.333 e. The van der Waals surface area contributed by atoms with Crippen molar-refractivity contribution in [3.8, 4) is 11.4 Å². The number of aromatic amines is 1. The van der Waals surface area contributed by atoms with Gasteiger partial charge in [-0.25, -0.2) is 26.9 Å². The molecule has 0 aliphatic carbocycles. The predicted octanol–water partition coefficient (Wildman–Crippen LogP) is 4.27. The van der Waals surface area contributed by atoms with Gasteiger partial charge in [0.05, 0.1) is 28.0 Å². The maximum absolute atomic E-state index is 13.4. The first-order valence-corrected chi connectivity index (χ1v) is 14.5. The molecular weight excluding hydrogens is 595 g/mol. The van der Waals surface area contributed by atoms with E-state index in [0.717, 1.165) is 21.5 Å². The number of thiophene rings is 1. The molecule has 0 aliphatic rings. The molecule has 2 aromatic heterocycles. The predicted molar refractivity (Wildman–Crippen MR) is 154 cm³/mol. The summed E-state index contributed by atoms with van der Waals surface area (Å²) in [4.78, 5) is 41.8. The fourth-order valence-corrected chi connectivity index (χ4v) is 6.49. The van der Waals surface area contributed by atoms with Crippen molar-refractivity contribution in [1.82, 2.24) is 14.3 Å². The summed E-state index contributed by atoms with van der Waals surface area (Å²) in [5.74, 6) is -1.30. The van der Waals surface area contributed by atoms with Gasteiger partial charge in [0, 0.05) is 17.8 Å². The Morgan fingerprint density at radius 3 is 2.49 bits per heavy atom. The zero-order valence-electron chi connectivity index (χ0n) is 21.1. The standard InChI is InChI=1S/C27H20ClFN4O6S2/c1-39-22-12-16(25(34)32-41(37,38)24-11-10-23(28)40-24)4-9-21(22)33-26(35)19-8-7-18(13-20(19)31-27(33)36)30-14-15-2-5-17(29)6-3-15/h2-13,30H,14H2,1H3,(H,31,36)(H,32,34). The van der Waals surface area contributed by atoms with Crippen LogP contribution in [-0.4, -0.2) is 31.0 Å². The van der Waals surface area contributed by atoms with Crippen LogP contribution < -0.4 is 26.0 Å². The first-order valence-electron chi connectivity index (χ1n) is 11.8. The molecule has 10 nitrogen and oxygen atoms in total. The van der Waals surface area contributed by atoms with Crippen LogP contribution in [0.2, 0.25) is 4.34 Å². The van der Waals surface area contributed by atoms with E-state index in [0.29, 0.717) is 12.2 Å². The van der Waals surface area contributed by atoms with Crippen molar-refractivity contribution in [2.75, 3.05) is 12.4 Å². The minimum atomic E-state index is -4.17. The van der Waals surface area contributed by atoms with Crippen LogP contribution in [-0.2, 0) is 16.6 Å². The van der Waals surface area contributed by atoms with Gasteiger partial charge < -0.3 is 15.0 Å². The molecule has 2 heterocycles. The first-order chi connectivity index (χ1) is 19.6. The number of H-pyrrole nitrogens is 1. The maximum Gasteiger partial charge on any atom is 0.333 e. The summed E-state index contributed by atoms with van der Waals surface area (Å²) in [5, 5.41) is 3.37. The second-order valence-electron chi connectivity index (χ2n) is 8.69. The van der Waals surface area contributed by atoms with Gasteiger partial charge in [-0.2, -0.15) is 0 Å². The van der Waals surface area contributed by atoms with Crippen LogP contribution in [0.4, 0.5) is 10.1 Å². The topological polar surface area (TPSA) is 139 Å². The maximum atomic E-state index is 13.4. The summed E-state index contributed by atoms with van der Waals surface area (Å²) in [6, 6.07) is 17.3. The summed E-state index contributed by atoms with van der Waals surface area (Å²) >= 11 is 6.59. The van der Waals surface area contributed by atoms with Crippen LogP contribution in [0, 0.1) is 5.82 Å². The van der Waals surface area contributed by atoms with E-state index in [1.165, 1.54) is 49.6 Å². The number of sulfonamides is 1. The number of anilines is 1. The largest absolute Gasteiger partial charge is 0.495 e. The van der Waals surface area contributed by atoms with Crippen molar-refractivity contribution in [2.24, 2.45) is 0 Å². The Balaban J connectivity index is 1.43. The van der Waals surface area contributed by atoms with Gasteiger partial charge in [-0.3, -0.25) is 9.59 Å². The van der Waals surface area contributed by atoms with E-state index < -0.39 is 27.2 Å². The second kappa shape index (κ2) is 11.2. The summed E-state index contributed by atoms with van der Waals surface area (Å²) in [6.45, 7) is 0.395. The molecular formula is C27H20ClFN4O6S2. The van der Waals surface area contributed by atoms with Crippen LogP contribution >= 0.6 is 22.9 Å². The zero-order chi connectivity index (χ0) is 29.3. The van der Waals surface area contributed by atoms with Gasteiger partial charge in [0.25, 0.3) is 21.5 Å². The fraction of sp³-hybridized carbons (Fsp3) is 0.0741. The van der Waals surface area contributed by atoms with Crippen LogP contribution in [0.25, 0.3) is 16.6 Å². The van der Waals surface area contributed by atoms with Gasteiger partial charge in [0.15, 0.2) is 0 Å². The van der Waals surface area contributed by atoms with Gasteiger partial charge in [-0.1, -0.05) is 23.7 Å². The number of hydrogen-bond donors (Lipinski definition) is 3. The minimum absolute atomic E-state index is 0.0150. The second-order valence-corrected chi connectivity index (χ2v) is 12.3. The lowest BCUT2D eigenvalue weighted by Gasteiger charge is -2.13. The highest BCUT2D eigenvalue weighted by atomic mass is 35.5. The van der Waals surface area contributed by atoms with Crippen molar-refractivity contribution in [3.63, 3.8) is 0 Å². The lowest BCUT2D eigenvalue weighted by Crippen LogP contribution is -2.34. The van der Waals surface area contributed by atoms with Crippen molar-refractivity contribution < 1.29 is 22.3 Å². The van der Waals surface area contributed by atoms with Crippen molar-refractivity contribution in [1.29, 1.82) is 0 Å². The average molecular weight is 615 g/mol. The number of nitrogens with one attached hydrogen (secondary N) is 3. The summed E-state index contributed by atoms with van der Waals surface area (Å²) in [6.07, 6.45) is 0. The van der Waals surface area contributed by atoms with Gasteiger partial charge in [-0.05, 0) is 66.2 Å².